The lowest BCUT2D eigenvalue weighted by atomic mass is 9.89. The van der Waals surface area contributed by atoms with Gasteiger partial charge in [0.1, 0.15) is 23.7 Å². The number of rotatable bonds is 12. The zero-order valence-electron chi connectivity index (χ0n) is 33.3. The minimum atomic E-state index is -2.91. The third-order valence-corrected chi connectivity index (χ3v) is 12.7. The first-order valence-electron chi connectivity index (χ1n) is 20.9. The Balaban J connectivity index is 0.738. The zero-order chi connectivity index (χ0) is 42.4. The normalized spacial score (nSPS) is 22.6. The summed E-state index contributed by atoms with van der Waals surface area (Å²) in [5.41, 5.74) is -0.0959. The first-order chi connectivity index (χ1) is 29.5. The van der Waals surface area contributed by atoms with E-state index in [1.807, 2.05) is 4.90 Å². The number of halogens is 4. The minimum absolute atomic E-state index is 0.000372. The summed E-state index contributed by atoms with van der Waals surface area (Å²) in [6.07, 6.45) is 6.82. The molecule has 61 heavy (non-hydrogen) atoms. The number of hydrogen-bond acceptors (Lipinski definition) is 11. The molecule has 3 aromatic heterocycles. The van der Waals surface area contributed by atoms with E-state index in [2.05, 4.69) is 35.9 Å². The van der Waals surface area contributed by atoms with E-state index in [1.165, 1.54) is 42.1 Å². The minimum Gasteiger partial charge on any atom is -0.444 e. The van der Waals surface area contributed by atoms with Gasteiger partial charge in [0.05, 0.1) is 23.6 Å². The second-order valence-electron chi connectivity index (χ2n) is 16.7. The summed E-state index contributed by atoms with van der Waals surface area (Å²) in [5.74, 6) is -3.44. The molecular weight excluding hydrogens is 801 g/mol. The van der Waals surface area contributed by atoms with E-state index in [0.29, 0.717) is 75.1 Å². The van der Waals surface area contributed by atoms with Crippen molar-refractivity contribution in [2.45, 2.75) is 75.8 Å². The molecule has 2 saturated carbocycles. The van der Waals surface area contributed by atoms with Crippen LogP contribution in [-0.2, 0) is 14.4 Å². The van der Waals surface area contributed by atoms with Gasteiger partial charge in [0.15, 0.2) is 11.4 Å². The van der Waals surface area contributed by atoms with Crippen molar-refractivity contribution in [3.63, 3.8) is 0 Å². The average Bonchev–Trinajstić information content (AvgIpc) is 3.75. The topological polar surface area (TPSA) is 171 Å². The zero-order valence-corrected chi connectivity index (χ0v) is 33.3. The van der Waals surface area contributed by atoms with Gasteiger partial charge in [-0.05, 0) is 75.1 Å². The molecule has 0 spiro atoms. The average molecular weight is 847 g/mol. The fourth-order valence-electron chi connectivity index (χ4n) is 8.93. The number of alkyl halides is 2. The summed E-state index contributed by atoms with van der Waals surface area (Å²) in [6, 6.07) is 5.98. The molecule has 0 unspecified atom stereocenters. The summed E-state index contributed by atoms with van der Waals surface area (Å²) < 4.78 is 65.6. The van der Waals surface area contributed by atoms with Crippen molar-refractivity contribution >= 4 is 40.8 Å². The number of aromatic nitrogens is 4. The van der Waals surface area contributed by atoms with Crippen LogP contribution >= 0.6 is 0 Å². The quantitative estimate of drug-likeness (QED) is 0.121. The lowest BCUT2D eigenvalue weighted by molar-refractivity contribution is -0.138. The molecule has 5 fully saturated rings. The van der Waals surface area contributed by atoms with Crippen LogP contribution in [0, 0.1) is 23.5 Å². The van der Waals surface area contributed by atoms with E-state index in [-0.39, 0.29) is 59.6 Å². The molecule has 3 N–H and O–H groups in total. The van der Waals surface area contributed by atoms with Crippen molar-refractivity contribution < 1.29 is 41.2 Å². The molecule has 6 heterocycles. The van der Waals surface area contributed by atoms with Gasteiger partial charge >= 0.3 is 0 Å². The van der Waals surface area contributed by atoms with E-state index in [9.17, 15) is 28.0 Å². The Morgan fingerprint density at radius 3 is 2.34 bits per heavy atom. The van der Waals surface area contributed by atoms with Gasteiger partial charge in [-0.3, -0.25) is 34.1 Å². The number of anilines is 3. The predicted octanol–water partition coefficient (Wildman–Crippen LogP) is 5.51. The fraction of sp³-hybridized carbons (Fsp3) is 0.500. The third-order valence-electron chi connectivity index (χ3n) is 12.7. The highest BCUT2D eigenvalue weighted by Gasteiger charge is 2.39. The Morgan fingerprint density at radius 2 is 1.66 bits per heavy atom. The van der Waals surface area contributed by atoms with Crippen molar-refractivity contribution in [3.05, 3.63) is 71.5 Å². The van der Waals surface area contributed by atoms with Crippen LogP contribution in [0.15, 0.2) is 47.3 Å². The van der Waals surface area contributed by atoms with Gasteiger partial charge in [0.2, 0.25) is 23.6 Å². The number of carbonyl (C=O) groups excluding carboxylic acids is 4. The third kappa shape index (κ3) is 8.69. The van der Waals surface area contributed by atoms with E-state index >= 15 is 8.78 Å². The van der Waals surface area contributed by atoms with Crippen molar-refractivity contribution in [2.75, 3.05) is 61.3 Å². The second-order valence-corrected chi connectivity index (χ2v) is 16.7. The highest BCUT2D eigenvalue weighted by Crippen LogP contribution is 2.37. The molecule has 5 aliphatic rings. The number of pyridine rings is 1. The van der Waals surface area contributed by atoms with Crippen LogP contribution in [0.3, 0.4) is 0 Å². The number of piperidine rings is 1. The van der Waals surface area contributed by atoms with E-state index in [4.69, 9.17) is 4.42 Å². The van der Waals surface area contributed by atoms with Crippen LogP contribution in [0.2, 0.25) is 0 Å². The maximum Gasteiger partial charge on any atom is 0.284 e. The van der Waals surface area contributed by atoms with Crippen LogP contribution in [-0.4, -0.2) is 105 Å². The number of nitrogens with one attached hydrogen (secondary N) is 3. The number of amides is 4. The number of nitrogens with zero attached hydrogens (tertiary/aromatic N) is 7. The largest absolute Gasteiger partial charge is 0.444 e. The number of carbonyl (C=O) groups is 4. The molecule has 0 radical (unpaired) electrons. The Morgan fingerprint density at radius 1 is 0.934 bits per heavy atom. The van der Waals surface area contributed by atoms with Crippen LogP contribution in [0.1, 0.15) is 91.5 Å². The molecule has 322 valence electrons. The van der Waals surface area contributed by atoms with Crippen LogP contribution in [0.5, 0.6) is 0 Å². The van der Waals surface area contributed by atoms with Crippen molar-refractivity contribution in [1.29, 1.82) is 0 Å². The highest BCUT2D eigenvalue weighted by atomic mass is 19.3. The summed E-state index contributed by atoms with van der Waals surface area (Å²) >= 11 is 0. The van der Waals surface area contributed by atoms with Gasteiger partial charge in [0, 0.05) is 87.5 Å². The fourth-order valence-corrected chi connectivity index (χ4v) is 8.93. The standard InChI is InChI=1S/C42H46F4N10O5/c43-30-16-28(17-31(44)36(30)29-7-8-35(57)51-39(29)58)55-19-25(20-55)42(60)54-13-11-53(12-14-54)26-3-5-27(6-4-26)56-21-32(37(52-56)38(45)46)49-40(59)33-22-61-41(50-33)24-9-10-47-34(15-24)48-18-23-1-2-23/h9-10,15-17,21-23,25-27,29,38H,1-8,11-14,18-20H2,(H,47,48)(H,49,59)(H,51,57,58)/t26?,27?,29-/m1/s1. The van der Waals surface area contributed by atoms with Crippen molar-refractivity contribution in [2.24, 2.45) is 11.8 Å². The maximum atomic E-state index is 15.1. The van der Waals surface area contributed by atoms with Crippen LogP contribution < -0.4 is 20.9 Å². The molecule has 1 aromatic carbocycles. The molecule has 4 aromatic rings. The SMILES string of the molecule is O=C1CC[C@H](c2c(F)cc(N3CC(C(=O)N4CCN(C5CCC(n6cc(NC(=O)c7coc(-c8ccnc(NCC9CC9)c8)n7)c(C(F)F)n6)CC5)CC4)C3)cc2F)C(=O)N1. The second kappa shape index (κ2) is 16.9. The van der Waals surface area contributed by atoms with Gasteiger partial charge < -0.3 is 24.9 Å². The molecular formula is C42H46F4N10O5. The molecule has 3 saturated heterocycles. The van der Waals surface area contributed by atoms with Gasteiger partial charge in [-0.2, -0.15) is 5.10 Å². The molecule has 19 heteroatoms. The Labute approximate surface area is 348 Å². The van der Waals surface area contributed by atoms with Gasteiger partial charge in [-0.15, -0.1) is 0 Å². The monoisotopic (exact) mass is 846 g/mol. The first kappa shape index (κ1) is 40.6. The first-order valence-corrected chi connectivity index (χ1v) is 20.9. The maximum absolute atomic E-state index is 15.1. The van der Waals surface area contributed by atoms with Crippen molar-refractivity contribution in [3.8, 4) is 11.5 Å². The predicted molar refractivity (Wildman–Crippen MR) is 213 cm³/mol. The summed E-state index contributed by atoms with van der Waals surface area (Å²) in [4.78, 5) is 64.8. The van der Waals surface area contributed by atoms with E-state index < -0.39 is 47.4 Å². The van der Waals surface area contributed by atoms with Gasteiger partial charge in [-0.1, -0.05) is 0 Å². The van der Waals surface area contributed by atoms with E-state index in [0.717, 1.165) is 19.4 Å². The van der Waals surface area contributed by atoms with Gasteiger partial charge in [0.25, 0.3) is 12.3 Å². The van der Waals surface area contributed by atoms with Crippen molar-refractivity contribution in [1.82, 2.24) is 34.9 Å². The Kier molecular flexibility index (Phi) is 11.2. The number of piperazine rings is 1. The number of hydrogen-bond donors (Lipinski definition) is 3. The molecule has 15 nitrogen and oxygen atoms in total. The van der Waals surface area contributed by atoms with E-state index in [1.54, 1.807) is 23.2 Å². The Hall–Kier alpha value is -5.85. The lowest BCUT2D eigenvalue weighted by Gasteiger charge is -2.45. The Bertz CT molecular complexity index is 2290. The molecule has 9 rings (SSSR count). The van der Waals surface area contributed by atoms with Gasteiger partial charge in [-0.25, -0.2) is 27.5 Å². The highest BCUT2D eigenvalue weighted by molar-refractivity contribution is 6.03. The molecule has 2 aliphatic carbocycles. The number of imide groups is 1. The molecule has 0 bridgehead atoms. The molecule has 4 amide bonds. The molecule has 1 atom stereocenters. The van der Waals surface area contributed by atoms with Crippen LogP contribution in [0.25, 0.3) is 11.5 Å². The summed E-state index contributed by atoms with van der Waals surface area (Å²) in [5, 5.41) is 12.2. The molecule has 3 aliphatic heterocycles. The van der Waals surface area contributed by atoms with Crippen LogP contribution in [0.4, 0.5) is 34.8 Å². The number of oxazole rings is 1. The lowest BCUT2D eigenvalue weighted by Crippen LogP contribution is -2.59. The summed E-state index contributed by atoms with van der Waals surface area (Å²) in [6.45, 7) is 3.94. The summed E-state index contributed by atoms with van der Waals surface area (Å²) in [7, 11) is 0. The number of benzene rings is 1. The smallest absolute Gasteiger partial charge is 0.284 e.